The second kappa shape index (κ2) is 4.65. The van der Waals surface area contributed by atoms with Crippen LogP contribution >= 0.6 is 11.3 Å². The van der Waals surface area contributed by atoms with Gasteiger partial charge in [0.1, 0.15) is 4.83 Å². The van der Waals surface area contributed by atoms with Crippen molar-refractivity contribution in [3.05, 3.63) is 27.1 Å². The van der Waals surface area contributed by atoms with Crippen LogP contribution in [-0.4, -0.2) is 15.3 Å². The van der Waals surface area contributed by atoms with Gasteiger partial charge in [0.05, 0.1) is 17.8 Å². The van der Waals surface area contributed by atoms with E-state index in [0.29, 0.717) is 11.8 Å². The molecule has 0 bridgehead atoms. The summed E-state index contributed by atoms with van der Waals surface area (Å²) in [5.74, 6) is 0.0443. The third-order valence-corrected chi connectivity index (χ3v) is 4.46. The minimum absolute atomic E-state index is 0.0443. The third kappa shape index (κ3) is 1.88. The van der Waals surface area contributed by atoms with Gasteiger partial charge in [-0.25, -0.2) is 4.98 Å². The minimum Gasteiger partial charge on any atom is -0.297 e. The van der Waals surface area contributed by atoms with E-state index in [9.17, 15) is 9.59 Å². The van der Waals surface area contributed by atoms with Gasteiger partial charge in [-0.3, -0.25) is 14.2 Å². The molecule has 0 fully saturated rings. The molecule has 2 heterocycles. The smallest absolute Gasteiger partial charge is 0.263 e. The van der Waals surface area contributed by atoms with E-state index in [0.717, 1.165) is 15.3 Å². The van der Waals surface area contributed by atoms with Crippen LogP contribution in [0.1, 0.15) is 36.8 Å². The number of thiophene rings is 1. The highest BCUT2D eigenvalue weighted by atomic mass is 32.1. The summed E-state index contributed by atoms with van der Waals surface area (Å²) >= 11 is 1.52. The molecular weight excluding hydrogens is 248 g/mol. The molecule has 0 spiro atoms. The van der Waals surface area contributed by atoms with Crippen LogP contribution in [0.4, 0.5) is 0 Å². The van der Waals surface area contributed by atoms with Crippen molar-refractivity contribution in [2.24, 2.45) is 0 Å². The van der Waals surface area contributed by atoms with Crippen LogP contribution in [0.15, 0.2) is 11.1 Å². The summed E-state index contributed by atoms with van der Waals surface area (Å²) in [6, 6.07) is -0.445. The third-order valence-electron chi connectivity index (χ3n) is 3.35. The van der Waals surface area contributed by atoms with Crippen molar-refractivity contribution in [3.63, 3.8) is 0 Å². The number of hydrogen-bond donors (Lipinski definition) is 0. The molecule has 0 radical (unpaired) electrons. The van der Waals surface area contributed by atoms with Crippen LogP contribution in [0, 0.1) is 13.8 Å². The lowest BCUT2D eigenvalue weighted by molar-refractivity contribution is -0.121. The Labute approximate surface area is 109 Å². The minimum atomic E-state index is -0.445. The molecule has 2 rings (SSSR count). The van der Waals surface area contributed by atoms with E-state index in [1.165, 1.54) is 22.2 Å². The van der Waals surface area contributed by atoms with Gasteiger partial charge in [-0.05, 0) is 26.3 Å². The maximum atomic E-state index is 12.4. The van der Waals surface area contributed by atoms with Crippen LogP contribution in [0.5, 0.6) is 0 Å². The lowest BCUT2D eigenvalue weighted by Crippen LogP contribution is -2.28. The highest BCUT2D eigenvalue weighted by Gasteiger charge is 2.18. The summed E-state index contributed by atoms with van der Waals surface area (Å²) in [6.45, 7) is 7.45. The number of carbonyl (C=O) groups excluding carboxylic acids is 1. The second-order valence-corrected chi connectivity index (χ2v) is 5.62. The van der Waals surface area contributed by atoms with Gasteiger partial charge >= 0.3 is 0 Å². The van der Waals surface area contributed by atoms with Crippen molar-refractivity contribution in [3.8, 4) is 0 Å². The molecule has 2 aromatic heterocycles. The van der Waals surface area contributed by atoms with Crippen LogP contribution in [0.2, 0.25) is 0 Å². The molecule has 0 aliphatic heterocycles. The van der Waals surface area contributed by atoms with Gasteiger partial charge in [0, 0.05) is 11.3 Å². The Morgan fingerprint density at radius 1 is 1.50 bits per heavy atom. The first kappa shape index (κ1) is 13.0. The molecule has 5 heteroatoms. The fraction of sp³-hybridized carbons (Fsp3) is 0.462. The number of rotatable bonds is 3. The van der Waals surface area contributed by atoms with E-state index >= 15 is 0 Å². The Kier molecular flexibility index (Phi) is 3.34. The van der Waals surface area contributed by atoms with Gasteiger partial charge in [0.2, 0.25) is 0 Å². The molecule has 0 saturated carbocycles. The highest BCUT2D eigenvalue weighted by molar-refractivity contribution is 7.18. The molecule has 0 aromatic carbocycles. The molecule has 0 saturated heterocycles. The largest absolute Gasteiger partial charge is 0.297 e. The van der Waals surface area contributed by atoms with Crippen LogP contribution in [0.25, 0.3) is 10.2 Å². The number of carbonyl (C=O) groups is 1. The second-order valence-electron chi connectivity index (χ2n) is 4.42. The predicted octanol–water partition coefficient (Wildman–Crippen LogP) is 2.61. The molecule has 1 unspecified atom stereocenters. The number of fused-ring (bicyclic) bond motifs is 1. The average molecular weight is 264 g/mol. The topological polar surface area (TPSA) is 52.0 Å². The number of hydrogen-bond acceptors (Lipinski definition) is 4. The zero-order chi connectivity index (χ0) is 13.4. The lowest BCUT2D eigenvalue weighted by atomic mass is 10.1. The SMILES string of the molecule is CCC(=O)C(C)n1cnc2sc(C)c(C)c2c1=O. The number of aryl methyl sites for hydroxylation is 2. The molecule has 1 atom stereocenters. The summed E-state index contributed by atoms with van der Waals surface area (Å²) < 4.78 is 1.44. The van der Waals surface area contributed by atoms with Crippen LogP contribution < -0.4 is 5.56 Å². The Morgan fingerprint density at radius 2 is 2.17 bits per heavy atom. The van der Waals surface area contributed by atoms with Crippen molar-refractivity contribution in [1.82, 2.24) is 9.55 Å². The molecule has 96 valence electrons. The molecule has 18 heavy (non-hydrogen) atoms. The number of aromatic nitrogens is 2. The maximum Gasteiger partial charge on any atom is 0.263 e. The first-order valence-corrected chi connectivity index (χ1v) is 6.78. The van der Waals surface area contributed by atoms with Crippen molar-refractivity contribution >= 4 is 27.3 Å². The summed E-state index contributed by atoms with van der Waals surface area (Å²) in [4.78, 5) is 30.2. The highest BCUT2D eigenvalue weighted by Crippen LogP contribution is 2.25. The number of ketones is 1. The Hall–Kier alpha value is -1.49. The summed E-state index contributed by atoms with van der Waals surface area (Å²) in [5, 5.41) is 0.649. The molecule has 0 aliphatic carbocycles. The van der Waals surface area contributed by atoms with Gasteiger partial charge in [-0.1, -0.05) is 6.92 Å². The zero-order valence-corrected chi connectivity index (χ0v) is 11.8. The van der Waals surface area contributed by atoms with Crippen LogP contribution in [-0.2, 0) is 4.79 Å². The van der Waals surface area contributed by atoms with Crippen LogP contribution in [0.3, 0.4) is 0 Å². The molecule has 0 aliphatic rings. The average Bonchev–Trinajstić information content (AvgIpc) is 2.64. The zero-order valence-electron chi connectivity index (χ0n) is 11.0. The molecular formula is C13H16N2O2S. The van der Waals surface area contributed by atoms with Gasteiger partial charge in [-0.2, -0.15) is 0 Å². The maximum absolute atomic E-state index is 12.4. The molecule has 4 nitrogen and oxygen atoms in total. The van der Waals surface area contributed by atoms with Gasteiger partial charge in [0.15, 0.2) is 5.78 Å². The number of Topliss-reactive ketones (excluding diaryl/α,β-unsaturated/α-hetero) is 1. The van der Waals surface area contributed by atoms with E-state index in [1.54, 1.807) is 13.8 Å². The van der Waals surface area contributed by atoms with E-state index in [-0.39, 0.29) is 11.3 Å². The summed E-state index contributed by atoms with van der Waals surface area (Å²) in [6.07, 6.45) is 1.91. The van der Waals surface area contributed by atoms with Crippen molar-refractivity contribution in [2.75, 3.05) is 0 Å². The Morgan fingerprint density at radius 3 is 2.78 bits per heavy atom. The fourth-order valence-corrected chi connectivity index (χ4v) is 2.96. The van der Waals surface area contributed by atoms with Crippen molar-refractivity contribution in [1.29, 1.82) is 0 Å². The van der Waals surface area contributed by atoms with E-state index in [4.69, 9.17) is 0 Å². The van der Waals surface area contributed by atoms with Crippen molar-refractivity contribution in [2.45, 2.75) is 40.2 Å². The van der Waals surface area contributed by atoms with Gasteiger partial charge < -0.3 is 0 Å². The quantitative estimate of drug-likeness (QED) is 0.856. The first-order valence-electron chi connectivity index (χ1n) is 5.96. The standard InChI is InChI=1S/C13H16N2O2S/c1-5-10(16)8(3)15-6-14-12-11(13(15)17)7(2)9(4)18-12/h6,8H,5H2,1-4H3. The lowest BCUT2D eigenvalue weighted by Gasteiger charge is -2.12. The molecule has 0 N–H and O–H groups in total. The summed E-state index contributed by atoms with van der Waals surface area (Å²) in [7, 11) is 0. The Bertz CT molecular complexity index is 669. The van der Waals surface area contributed by atoms with Gasteiger partial charge in [0.25, 0.3) is 5.56 Å². The van der Waals surface area contributed by atoms with E-state index in [1.807, 2.05) is 13.8 Å². The fourth-order valence-electron chi connectivity index (χ4n) is 1.97. The van der Waals surface area contributed by atoms with Gasteiger partial charge in [-0.15, -0.1) is 11.3 Å². The summed E-state index contributed by atoms with van der Waals surface area (Å²) in [5.41, 5.74) is 0.856. The van der Waals surface area contributed by atoms with Crippen molar-refractivity contribution < 1.29 is 4.79 Å². The first-order chi connectivity index (χ1) is 8.47. The molecule has 0 amide bonds. The number of nitrogens with zero attached hydrogens (tertiary/aromatic N) is 2. The van der Waals surface area contributed by atoms with E-state index in [2.05, 4.69) is 4.98 Å². The predicted molar refractivity (Wildman–Crippen MR) is 73.4 cm³/mol. The molecule has 2 aromatic rings. The monoisotopic (exact) mass is 264 g/mol. The normalized spacial score (nSPS) is 12.9. The Balaban J connectivity index is 2.68. The van der Waals surface area contributed by atoms with E-state index < -0.39 is 6.04 Å².